The molecular weight excluding hydrogens is 399 g/mol. The maximum Gasteiger partial charge on any atom is 0.246 e. The number of likely N-dealkylation sites (tertiary alicyclic amines) is 1. The van der Waals surface area contributed by atoms with Crippen LogP contribution < -0.4 is 10.1 Å². The molecule has 0 saturated carbocycles. The third-order valence-electron chi connectivity index (χ3n) is 4.85. The average molecular weight is 431 g/mol. The molecule has 1 aromatic rings. The van der Waals surface area contributed by atoms with Crippen molar-refractivity contribution in [1.29, 1.82) is 0 Å². The lowest BCUT2D eigenvalue weighted by molar-refractivity contribution is -0.118. The highest BCUT2D eigenvalue weighted by atomic mass is 35.5. The van der Waals surface area contributed by atoms with Gasteiger partial charge in [0.05, 0.1) is 6.61 Å². The van der Waals surface area contributed by atoms with E-state index in [2.05, 4.69) is 33.4 Å². The van der Waals surface area contributed by atoms with Gasteiger partial charge in [-0.15, -0.1) is 24.8 Å². The lowest BCUT2D eigenvalue weighted by atomic mass is 10.1. The second-order valence-corrected chi connectivity index (χ2v) is 6.95. The number of likely N-dealkylation sites (N-methyl/N-ethyl adjacent to an activating group) is 1. The molecule has 1 N–H and O–H groups in total. The lowest BCUT2D eigenvalue weighted by Gasteiger charge is -2.26. The van der Waals surface area contributed by atoms with Crippen LogP contribution in [0.5, 0.6) is 5.75 Å². The Hall–Kier alpha value is -1.50. The van der Waals surface area contributed by atoms with E-state index < -0.39 is 0 Å². The van der Waals surface area contributed by atoms with Crippen molar-refractivity contribution in [3.05, 3.63) is 29.8 Å². The first kappa shape index (κ1) is 24.5. The summed E-state index contributed by atoms with van der Waals surface area (Å²) in [6, 6.07) is 8.41. The Bertz CT molecular complexity index is 636. The van der Waals surface area contributed by atoms with Gasteiger partial charge < -0.3 is 9.64 Å². The zero-order valence-corrected chi connectivity index (χ0v) is 18.2. The predicted octanol–water partition coefficient (Wildman–Crippen LogP) is 3.09. The number of piperidine rings is 1. The Kier molecular flexibility index (Phi) is 11.3. The van der Waals surface area contributed by atoms with Crippen LogP contribution in [0.4, 0.5) is 0 Å². The quantitative estimate of drug-likeness (QED) is 0.643. The van der Waals surface area contributed by atoms with Crippen LogP contribution >= 0.6 is 24.8 Å². The molecule has 6 nitrogen and oxygen atoms in total. The maximum absolute atomic E-state index is 11.4. The van der Waals surface area contributed by atoms with Crippen molar-refractivity contribution in [1.82, 2.24) is 15.1 Å². The van der Waals surface area contributed by atoms with Gasteiger partial charge in [0, 0.05) is 26.1 Å². The maximum atomic E-state index is 11.4. The molecule has 0 aliphatic carbocycles. The van der Waals surface area contributed by atoms with Gasteiger partial charge in [-0.25, -0.2) is 0 Å². The number of benzene rings is 1. The van der Waals surface area contributed by atoms with E-state index in [1.807, 2.05) is 17.9 Å². The summed E-state index contributed by atoms with van der Waals surface area (Å²) in [6.07, 6.45) is 4.82. The molecule has 0 atom stereocenters. The molecule has 2 heterocycles. The molecule has 0 unspecified atom stereocenters. The summed E-state index contributed by atoms with van der Waals surface area (Å²) in [7, 11) is 0. The van der Waals surface area contributed by atoms with Crippen molar-refractivity contribution in [3.8, 4) is 5.75 Å². The van der Waals surface area contributed by atoms with Gasteiger partial charge in [0.15, 0.2) is 0 Å². The monoisotopic (exact) mass is 430 g/mol. The first-order valence-corrected chi connectivity index (χ1v) is 9.78. The van der Waals surface area contributed by atoms with E-state index >= 15 is 0 Å². The van der Waals surface area contributed by atoms with Gasteiger partial charge in [-0.2, -0.15) is 0 Å². The van der Waals surface area contributed by atoms with E-state index in [9.17, 15) is 4.79 Å². The van der Waals surface area contributed by atoms with Crippen LogP contribution in [-0.4, -0.2) is 61.0 Å². The van der Waals surface area contributed by atoms with E-state index in [4.69, 9.17) is 4.74 Å². The number of carbonyl (C=O) groups excluding carboxylic acids is 1. The van der Waals surface area contributed by atoms with Crippen LogP contribution in [-0.2, 0) is 11.3 Å². The standard InChI is InChI=1S/C20H30N4O2.2ClH/c1-2-24-16-19(25)22-20(24)21-10-7-13-26-18-9-6-8-17(14-18)15-23-11-4-3-5-12-23;;/h6,8-9,14H,2-5,7,10-13,15-16H2,1H3,(H,21,22,25);2*1H. The summed E-state index contributed by atoms with van der Waals surface area (Å²) >= 11 is 0. The molecule has 2 aliphatic rings. The highest BCUT2D eigenvalue weighted by Crippen LogP contribution is 2.17. The molecule has 0 bridgehead atoms. The Balaban J connectivity index is 0.00000196. The average Bonchev–Trinajstić information content (AvgIpc) is 3.02. The third kappa shape index (κ3) is 7.49. The number of aliphatic imine (C=N–C) groups is 1. The molecule has 158 valence electrons. The molecule has 3 rings (SSSR count). The number of nitrogens with zero attached hydrogens (tertiary/aromatic N) is 3. The van der Waals surface area contributed by atoms with Crippen molar-refractivity contribution < 1.29 is 9.53 Å². The van der Waals surface area contributed by atoms with Crippen LogP contribution in [0, 0.1) is 0 Å². The smallest absolute Gasteiger partial charge is 0.246 e. The minimum Gasteiger partial charge on any atom is -0.494 e. The van der Waals surface area contributed by atoms with Crippen molar-refractivity contribution in [2.75, 3.05) is 39.3 Å². The number of ether oxygens (including phenoxy) is 1. The second kappa shape index (κ2) is 12.9. The Morgan fingerprint density at radius 3 is 2.71 bits per heavy atom. The van der Waals surface area contributed by atoms with E-state index in [-0.39, 0.29) is 30.7 Å². The Labute approximate surface area is 180 Å². The number of hydrogen-bond donors (Lipinski definition) is 1. The van der Waals surface area contributed by atoms with Crippen LogP contribution in [0.2, 0.25) is 0 Å². The summed E-state index contributed by atoms with van der Waals surface area (Å²) in [5, 5.41) is 2.80. The molecule has 0 radical (unpaired) electrons. The van der Waals surface area contributed by atoms with E-state index in [0.717, 1.165) is 25.3 Å². The van der Waals surface area contributed by atoms with Crippen LogP contribution in [0.3, 0.4) is 0 Å². The molecule has 28 heavy (non-hydrogen) atoms. The molecule has 0 aromatic heterocycles. The van der Waals surface area contributed by atoms with Gasteiger partial charge >= 0.3 is 0 Å². The zero-order valence-electron chi connectivity index (χ0n) is 16.6. The summed E-state index contributed by atoms with van der Waals surface area (Å²) in [6.45, 7) is 7.93. The highest BCUT2D eigenvalue weighted by Gasteiger charge is 2.22. The zero-order chi connectivity index (χ0) is 18.2. The lowest BCUT2D eigenvalue weighted by Crippen LogP contribution is -2.30. The molecule has 2 fully saturated rings. The van der Waals surface area contributed by atoms with E-state index in [0.29, 0.717) is 25.7 Å². The van der Waals surface area contributed by atoms with Gasteiger partial charge in [0.1, 0.15) is 12.3 Å². The highest BCUT2D eigenvalue weighted by molar-refractivity contribution is 6.04. The van der Waals surface area contributed by atoms with Crippen molar-refractivity contribution >= 4 is 36.7 Å². The number of rotatable bonds is 8. The number of halogens is 2. The van der Waals surface area contributed by atoms with E-state index in [1.54, 1.807) is 0 Å². The third-order valence-corrected chi connectivity index (χ3v) is 4.85. The Morgan fingerprint density at radius 1 is 1.18 bits per heavy atom. The summed E-state index contributed by atoms with van der Waals surface area (Å²) in [5.74, 6) is 1.64. The Morgan fingerprint density at radius 2 is 1.96 bits per heavy atom. The van der Waals surface area contributed by atoms with Crippen LogP contribution in [0.1, 0.15) is 38.2 Å². The summed E-state index contributed by atoms with van der Waals surface area (Å²) in [5.41, 5.74) is 1.32. The topological polar surface area (TPSA) is 57.2 Å². The normalized spacial score (nSPS) is 18.4. The first-order valence-electron chi connectivity index (χ1n) is 9.78. The molecule has 2 saturated heterocycles. The molecule has 2 aliphatic heterocycles. The van der Waals surface area contributed by atoms with E-state index in [1.165, 1.54) is 37.9 Å². The number of guanidine groups is 1. The number of carbonyl (C=O) groups is 1. The summed E-state index contributed by atoms with van der Waals surface area (Å²) in [4.78, 5) is 20.4. The van der Waals surface area contributed by atoms with Crippen LogP contribution in [0.15, 0.2) is 29.3 Å². The molecular formula is C20H32Cl2N4O2. The van der Waals surface area contributed by atoms with Crippen LogP contribution in [0.25, 0.3) is 0 Å². The summed E-state index contributed by atoms with van der Waals surface area (Å²) < 4.78 is 5.89. The van der Waals surface area contributed by atoms with Gasteiger partial charge in [0.2, 0.25) is 11.9 Å². The molecule has 1 amide bonds. The number of hydrogen-bond acceptors (Lipinski definition) is 4. The molecule has 1 aromatic carbocycles. The van der Waals surface area contributed by atoms with Gasteiger partial charge in [-0.1, -0.05) is 18.6 Å². The predicted molar refractivity (Wildman–Crippen MR) is 118 cm³/mol. The fourth-order valence-corrected chi connectivity index (χ4v) is 3.44. The minimum atomic E-state index is 0. The van der Waals surface area contributed by atoms with Gasteiger partial charge in [0.25, 0.3) is 0 Å². The molecule has 8 heteroatoms. The number of nitrogens with one attached hydrogen (secondary N) is 1. The second-order valence-electron chi connectivity index (χ2n) is 6.95. The minimum absolute atomic E-state index is 0. The van der Waals surface area contributed by atoms with Crippen molar-refractivity contribution in [2.24, 2.45) is 4.99 Å². The SMILES string of the molecule is CCN1CC(=O)NC1=NCCCOc1cccc(CN2CCCCC2)c1.Cl.Cl. The van der Waals surface area contributed by atoms with Crippen molar-refractivity contribution in [2.45, 2.75) is 39.2 Å². The van der Waals surface area contributed by atoms with Gasteiger partial charge in [-0.3, -0.25) is 20.0 Å². The number of amides is 1. The van der Waals surface area contributed by atoms with Gasteiger partial charge in [-0.05, 0) is 50.6 Å². The fourth-order valence-electron chi connectivity index (χ4n) is 3.44. The first-order chi connectivity index (χ1) is 12.7. The molecule has 0 spiro atoms. The van der Waals surface area contributed by atoms with Crippen molar-refractivity contribution in [3.63, 3.8) is 0 Å². The largest absolute Gasteiger partial charge is 0.494 e. The fraction of sp³-hybridized carbons (Fsp3) is 0.600.